The largest absolute Gasteiger partial charge is 0.493 e. The minimum absolute atomic E-state index is 0.0533. The van der Waals surface area contributed by atoms with Gasteiger partial charge >= 0.3 is 6.61 Å². The summed E-state index contributed by atoms with van der Waals surface area (Å²) < 4.78 is 40.2. The van der Waals surface area contributed by atoms with Crippen LogP contribution in [0.15, 0.2) is 42.5 Å². The monoisotopic (exact) mass is 393 g/mol. The fourth-order valence-corrected chi connectivity index (χ4v) is 2.68. The van der Waals surface area contributed by atoms with Crippen LogP contribution in [0.3, 0.4) is 0 Å². The maximum absolute atomic E-state index is 12.5. The van der Waals surface area contributed by atoms with Crippen molar-refractivity contribution in [1.29, 1.82) is 0 Å². The summed E-state index contributed by atoms with van der Waals surface area (Å²) in [6.07, 6.45) is 0.915. The van der Waals surface area contributed by atoms with Gasteiger partial charge in [0.1, 0.15) is 5.75 Å². The number of benzene rings is 2. The summed E-state index contributed by atoms with van der Waals surface area (Å²) in [6.45, 7) is -0.257. The van der Waals surface area contributed by atoms with Gasteiger partial charge in [-0.05, 0) is 42.7 Å². The van der Waals surface area contributed by atoms with Crippen molar-refractivity contribution in [3.05, 3.63) is 53.6 Å². The number of rotatable bonds is 10. The van der Waals surface area contributed by atoms with Gasteiger partial charge in [0.15, 0.2) is 11.5 Å². The van der Waals surface area contributed by atoms with Crippen molar-refractivity contribution in [3.8, 4) is 17.2 Å². The average Bonchev–Trinajstić information content (AvgIpc) is 2.66. The Morgan fingerprint density at radius 2 is 1.86 bits per heavy atom. The van der Waals surface area contributed by atoms with E-state index in [0.717, 1.165) is 11.3 Å². The molecule has 0 spiro atoms. The number of alkyl halides is 2. The standard InChI is InChI=1S/C21H25F2NO4/c1-15-7-4-5-8-17(15)27-12-6-9-20(25)24(2)14-16-10-11-18(26-3)19(13-16)28-21(22)23/h4-5,7-8,10-11,13,21H,6,9,12,14H2,1-3H3. The molecule has 0 saturated heterocycles. The Morgan fingerprint density at radius 1 is 1.11 bits per heavy atom. The Morgan fingerprint density at radius 3 is 2.54 bits per heavy atom. The molecule has 152 valence electrons. The number of hydrogen-bond donors (Lipinski definition) is 0. The van der Waals surface area contributed by atoms with Crippen LogP contribution in [-0.2, 0) is 11.3 Å². The molecule has 0 aliphatic rings. The molecule has 28 heavy (non-hydrogen) atoms. The molecule has 0 saturated carbocycles. The van der Waals surface area contributed by atoms with Crippen LogP contribution in [0.1, 0.15) is 24.0 Å². The molecule has 0 unspecified atom stereocenters. The second kappa shape index (κ2) is 10.5. The fraction of sp³-hybridized carbons (Fsp3) is 0.381. The van der Waals surface area contributed by atoms with Crippen molar-refractivity contribution in [2.75, 3.05) is 20.8 Å². The molecular formula is C21H25F2NO4. The first-order valence-electron chi connectivity index (χ1n) is 8.95. The summed E-state index contributed by atoms with van der Waals surface area (Å²) in [5, 5.41) is 0. The van der Waals surface area contributed by atoms with Crippen LogP contribution < -0.4 is 14.2 Å². The number of halogens is 2. The first-order valence-corrected chi connectivity index (χ1v) is 8.95. The van der Waals surface area contributed by atoms with E-state index < -0.39 is 6.61 Å². The molecule has 2 rings (SSSR count). The van der Waals surface area contributed by atoms with Crippen LogP contribution >= 0.6 is 0 Å². The van der Waals surface area contributed by atoms with E-state index in [0.29, 0.717) is 25.0 Å². The molecule has 0 N–H and O–H groups in total. The van der Waals surface area contributed by atoms with E-state index >= 15 is 0 Å². The second-order valence-corrected chi connectivity index (χ2v) is 6.33. The summed E-state index contributed by atoms with van der Waals surface area (Å²) in [5.74, 6) is 0.919. The smallest absolute Gasteiger partial charge is 0.387 e. The molecule has 5 nitrogen and oxygen atoms in total. The van der Waals surface area contributed by atoms with E-state index in [4.69, 9.17) is 9.47 Å². The molecule has 0 radical (unpaired) electrons. The molecule has 0 fully saturated rings. The lowest BCUT2D eigenvalue weighted by atomic mass is 10.2. The van der Waals surface area contributed by atoms with E-state index in [-0.39, 0.29) is 24.0 Å². The SMILES string of the molecule is COc1ccc(CN(C)C(=O)CCCOc2ccccc2C)cc1OC(F)F. The molecular weight excluding hydrogens is 368 g/mol. The van der Waals surface area contributed by atoms with Gasteiger partial charge in [0, 0.05) is 20.0 Å². The third-order valence-corrected chi connectivity index (χ3v) is 4.18. The number of amides is 1. The molecule has 0 bridgehead atoms. The van der Waals surface area contributed by atoms with Crippen molar-refractivity contribution < 1.29 is 27.8 Å². The van der Waals surface area contributed by atoms with Gasteiger partial charge < -0.3 is 19.1 Å². The Labute approximate surface area is 163 Å². The number of nitrogens with zero attached hydrogens (tertiary/aromatic N) is 1. The van der Waals surface area contributed by atoms with Crippen molar-refractivity contribution in [3.63, 3.8) is 0 Å². The first-order chi connectivity index (χ1) is 13.4. The Bertz CT molecular complexity index is 783. The summed E-state index contributed by atoms with van der Waals surface area (Å²) in [5.41, 5.74) is 1.72. The number of aryl methyl sites for hydroxylation is 1. The van der Waals surface area contributed by atoms with Crippen LogP contribution in [-0.4, -0.2) is 38.2 Å². The minimum atomic E-state index is -2.95. The molecule has 1 amide bonds. The number of para-hydroxylation sites is 1. The van der Waals surface area contributed by atoms with E-state index in [9.17, 15) is 13.6 Å². The van der Waals surface area contributed by atoms with Crippen molar-refractivity contribution in [2.45, 2.75) is 32.9 Å². The number of methoxy groups -OCH3 is 1. The van der Waals surface area contributed by atoms with Crippen LogP contribution in [0.2, 0.25) is 0 Å². The molecule has 0 atom stereocenters. The van der Waals surface area contributed by atoms with Gasteiger partial charge in [0.25, 0.3) is 0 Å². The molecule has 0 aromatic heterocycles. The van der Waals surface area contributed by atoms with E-state index in [1.165, 1.54) is 13.2 Å². The second-order valence-electron chi connectivity index (χ2n) is 6.33. The highest BCUT2D eigenvalue weighted by Crippen LogP contribution is 2.30. The zero-order chi connectivity index (χ0) is 20.5. The highest BCUT2D eigenvalue weighted by molar-refractivity contribution is 5.75. The third kappa shape index (κ3) is 6.40. The van der Waals surface area contributed by atoms with Crippen LogP contribution in [0.25, 0.3) is 0 Å². The highest BCUT2D eigenvalue weighted by Gasteiger charge is 2.14. The number of hydrogen-bond acceptors (Lipinski definition) is 4. The maximum atomic E-state index is 12.5. The maximum Gasteiger partial charge on any atom is 0.387 e. The molecule has 2 aromatic rings. The zero-order valence-corrected chi connectivity index (χ0v) is 16.3. The average molecular weight is 393 g/mol. The Hall–Kier alpha value is -2.83. The fourth-order valence-electron chi connectivity index (χ4n) is 2.68. The number of ether oxygens (including phenoxy) is 3. The van der Waals surface area contributed by atoms with Gasteiger partial charge in [0.05, 0.1) is 13.7 Å². The molecule has 0 heterocycles. The van der Waals surface area contributed by atoms with E-state index in [1.54, 1.807) is 24.1 Å². The Kier molecular flexibility index (Phi) is 8.04. The number of carbonyl (C=O) groups excluding carboxylic acids is 1. The predicted molar refractivity (Wildman–Crippen MR) is 102 cm³/mol. The van der Waals surface area contributed by atoms with Crippen LogP contribution in [0.5, 0.6) is 17.2 Å². The summed E-state index contributed by atoms with van der Waals surface area (Å²) in [6, 6.07) is 12.4. The van der Waals surface area contributed by atoms with E-state index in [1.807, 2.05) is 31.2 Å². The van der Waals surface area contributed by atoms with Gasteiger partial charge in [-0.1, -0.05) is 24.3 Å². The lowest BCUT2D eigenvalue weighted by molar-refractivity contribution is -0.130. The Balaban J connectivity index is 1.84. The summed E-state index contributed by atoms with van der Waals surface area (Å²) in [4.78, 5) is 13.8. The lowest BCUT2D eigenvalue weighted by Gasteiger charge is -2.19. The normalized spacial score (nSPS) is 10.6. The lowest BCUT2D eigenvalue weighted by Crippen LogP contribution is -2.26. The highest BCUT2D eigenvalue weighted by atomic mass is 19.3. The van der Waals surface area contributed by atoms with Gasteiger partial charge in [-0.3, -0.25) is 4.79 Å². The van der Waals surface area contributed by atoms with E-state index in [2.05, 4.69) is 4.74 Å². The minimum Gasteiger partial charge on any atom is -0.493 e. The van der Waals surface area contributed by atoms with Crippen molar-refractivity contribution >= 4 is 5.91 Å². The van der Waals surface area contributed by atoms with Gasteiger partial charge in [-0.15, -0.1) is 0 Å². The molecule has 2 aromatic carbocycles. The van der Waals surface area contributed by atoms with Gasteiger partial charge in [0.2, 0.25) is 5.91 Å². The molecule has 0 aliphatic heterocycles. The van der Waals surface area contributed by atoms with Crippen LogP contribution in [0, 0.1) is 6.92 Å². The van der Waals surface area contributed by atoms with Gasteiger partial charge in [-0.2, -0.15) is 8.78 Å². The quantitative estimate of drug-likeness (QED) is 0.561. The van der Waals surface area contributed by atoms with Crippen molar-refractivity contribution in [2.24, 2.45) is 0 Å². The zero-order valence-electron chi connectivity index (χ0n) is 16.3. The molecule has 7 heteroatoms. The van der Waals surface area contributed by atoms with Crippen molar-refractivity contribution in [1.82, 2.24) is 4.90 Å². The van der Waals surface area contributed by atoms with Crippen LogP contribution in [0.4, 0.5) is 8.78 Å². The predicted octanol–water partition coefficient (Wildman–Crippen LogP) is 4.42. The van der Waals surface area contributed by atoms with Gasteiger partial charge in [-0.25, -0.2) is 0 Å². The third-order valence-electron chi connectivity index (χ3n) is 4.18. The topological polar surface area (TPSA) is 48.0 Å². The first kappa shape index (κ1) is 21.5. The summed E-state index contributed by atoms with van der Waals surface area (Å²) >= 11 is 0. The number of carbonyl (C=O) groups is 1. The summed E-state index contributed by atoms with van der Waals surface area (Å²) in [7, 11) is 3.05. The molecule has 0 aliphatic carbocycles.